The molecule has 19 heavy (non-hydrogen) atoms. The third-order valence-corrected chi connectivity index (χ3v) is 3.01. The van der Waals surface area contributed by atoms with Crippen molar-refractivity contribution in [1.82, 2.24) is 0 Å². The lowest BCUT2D eigenvalue weighted by molar-refractivity contribution is -0.140. The van der Waals surface area contributed by atoms with E-state index in [-0.39, 0.29) is 12.6 Å². The van der Waals surface area contributed by atoms with Crippen molar-refractivity contribution in [1.29, 1.82) is 0 Å². The van der Waals surface area contributed by atoms with Crippen LogP contribution in [-0.2, 0) is 23.4 Å². The number of carbonyl (C=O) groups is 1. The summed E-state index contributed by atoms with van der Waals surface area (Å²) in [6.07, 6.45) is 0. The first-order valence-electron chi connectivity index (χ1n) is 6.45. The van der Waals surface area contributed by atoms with Crippen LogP contribution >= 0.6 is 0 Å². The van der Waals surface area contributed by atoms with Crippen LogP contribution in [0.25, 0.3) is 0 Å². The lowest BCUT2D eigenvalue weighted by Gasteiger charge is -2.16. The van der Waals surface area contributed by atoms with E-state index >= 15 is 0 Å². The smallest absolute Gasteiger partial charge is 0.333 e. The largest absolute Gasteiger partial charge is 0.460 e. The molecule has 6 heteroatoms. The Balaban J connectivity index is 3.20. The minimum Gasteiger partial charge on any atom is -0.460 e. The topological polar surface area (TPSA) is 54.0 Å². The highest BCUT2D eigenvalue weighted by Crippen LogP contribution is 2.01. The summed E-state index contributed by atoms with van der Waals surface area (Å²) >= 11 is 0. The van der Waals surface area contributed by atoms with Crippen molar-refractivity contribution < 1.29 is 23.4 Å². The standard InChI is InChI=1S/C13H26O5Si/c1-12(2)13(14)17-10-8-15-6-7-16-9-11-18-19(3,4)5/h1,6-11H2,2-5H3. The number of hydrogen-bond donors (Lipinski definition) is 0. The molecule has 0 rings (SSSR count). The van der Waals surface area contributed by atoms with E-state index in [0.29, 0.717) is 38.6 Å². The fourth-order valence-corrected chi connectivity index (χ4v) is 1.74. The molecule has 0 radical (unpaired) electrons. The maximum absolute atomic E-state index is 11.0. The van der Waals surface area contributed by atoms with Crippen molar-refractivity contribution >= 4 is 14.3 Å². The Labute approximate surface area is 117 Å². The molecule has 0 saturated carbocycles. The van der Waals surface area contributed by atoms with Crippen LogP contribution in [0.3, 0.4) is 0 Å². The summed E-state index contributed by atoms with van der Waals surface area (Å²) in [6, 6.07) is 0. The number of hydrogen-bond acceptors (Lipinski definition) is 5. The number of esters is 1. The monoisotopic (exact) mass is 290 g/mol. The van der Waals surface area contributed by atoms with Crippen LogP contribution in [-0.4, -0.2) is 53.9 Å². The van der Waals surface area contributed by atoms with E-state index in [1.807, 2.05) is 0 Å². The third-order valence-electron chi connectivity index (χ3n) is 1.94. The van der Waals surface area contributed by atoms with Crippen LogP contribution in [0, 0.1) is 0 Å². The maximum Gasteiger partial charge on any atom is 0.333 e. The molecule has 0 aliphatic rings. The van der Waals surface area contributed by atoms with Crippen LogP contribution in [0.4, 0.5) is 0 Å². The van der Waals surface area contributed by atoms with Gasteiger partial charge in [-0.05, 0) is 26.6 Å². The second-order valence-corrected chi connectivity index (χ2v) is 9.62. The van der Waals surface area contributed by atoms with Gasteiger partial charge in [0, 0.05) is 5.57 Å². The second-order valence-electron chi connectivity index (χ2n) is 5.10. The molecule has 0 aromatic carbocycles. The van der Waals surface area contributed by atoms with Gasteiger partial charge in [-0.3, -0.25) is 0 Å². The Morgan fingerprint density at radius 1 is 0.947 bits per heavy atom. The first-order chi connectivity index (χ1) is 8.83. The third kappa shape index (κ3) is 13.5. The van der Waals surface area contributed by atoms with Gasteiger partial charge in [-0.2, -0.15) is 0 Å². The van der Waals surface area contributed by atoms with Gasteiger partial charge < -0.3 is 18.6 Å². The van der Waals surface area contributed by atoms with Crippen molar-refractivity contribution in [3.63, 3.8) is 0 Å². The molecule has 0 aliphatic heterocycles. The fraction of sp³-hybridized carbons (Fsp3) is 0.769. The Kier molecular flexibility index (Phi) is 9.77. The molecule has 112 valence electrons. The van der Waals surface area contributed by atoms with E-state index < -0.39 is 8.32 Å². The number of ether oxygens (including phenoxy) is 3. The molecule has 0 aromatic rings. The summed E-state index contributed by atoms with van der Waals surface area (Å²) in [4.78, 5) is 11.0. The van der Waals surface area contributed by atoms with Gasteiger partial charge in [0.25, 0.3) is 0 Å². The van der Waals surface area contributed by atoms with Crippen molar-refractivity contribution in [2.24, 2.45) is 0 Å². The molecule has 0 unspecified atom stereocenters. The average molecular weight is 290 g/mol. The van der Waals surface area contributed by atoms with Crippen LogP contribution in [0.15, 0.2) is 12.2 Å². The van der Waals surface area contributed by atoms with Crippen LogP contribution < -0.4 is 0 Å². The molecule has 0 bridgehead atoms. The van der Waals surface area contributed by atoms with Gasteiger partial charge in [0.1, 0.15) is 6.61 Å². The van der Waals surface area contributed by atoms with Crippen LogP contribution in [0.5, 0.6) is 0 Å². The van der Waals surface area contributed by atoms with E-state index in [1.165, 1.54) is 0 Å². The van der Waals surface area contributed by atoms with E-state index in [9.17, 15) is 4.79 Å². The minimum atomic E-state index is -1.43. The Morgan fingerprint density at radius 2 is 1.42 bits per heavy atom. The molecule has 0 spiro atoms. The quantitative estimate of drug-likeness (QED) is 0.252. The zero-order valence-corrected chi connectivity index (χ0v) is 13.5. The zero-order valence-electron chi connectivity index (χ0n) is 12.5. The molecule has 0 fully saturated rings. The van der Waals surface area contributed by atoms with Gasteiger partial charge in [-0.1, -0.05) is 6.58 Å². The molecule has 0 aliphatic carbocycles. The van der Waals surface area contributed by atoms with Crippen molar-refractivity contribution in [2.75, 3.05) is 39.6 Å². The SMILES string of the molecule is C=C(C)C(=O)OCCOCCOCCO[Si](C)(C)C. The minimum absolute atomic E-state index is 0.241. The summed E-state index contributed by atoms with van der Waals surface area (Å²) in [7, 11) is -1.43. The lowest BCUT2D eigenvalue weighted by Crippen LogP contribution is -2.27. The number of rotatable bonds is 11. The molecule has 0 N–H and O–H groups in total. The summed E-state index contributed by atoms with van der Waals surface area (Å²) in [5, 5.41) is 0. The zero-order chi connectivity index (χ0) is 14.7. The highest BCUT2D eigenvalue weighted by Gasteiger charge is 2.12. The normalized spacial score (nSPS) is 11.4. The van der Waals surface area contributed by atoms with Gasteiger partial charge in [0.05, 0.1) is 33.0 Å². The van der Waals surface area contributed by atoms with E-state index in [4.69, 9.17) is 18.6 Å². The molecule has 0 amide bonds. The Hall–Kier alpha value is -0.693. The van der Waals surface area contributed by atoms with Crippen molar-refractivity contribution in [3.05, 3.63) is 12.2 Å². The van der Waals surface area contributed by atoms with Crippen LogP contribution in [0.1, 0.15) is 6.92 Å². The Bertz CT molecular complexity index is 273. The predicted octanol–water partition coefficient (Wildman–Crippen LogP) is 1.99. The first kappa shape index (κ1) is 18.3. The van der Waals surface area contributed by atoms with E-state index in [2.05, 4.69) is 26.2 Å². The van der Waals surface area contributed by atoms with Crippen molar-refractivity contribution in [2.45, 2.75) is 26.6 Å². The van der Waals surface area contributed by atoms with Crippen molar-refractivity contribution in [3.8, 4) is 0 Å². The van der Waals surface area contributed by atoms with Gasteiger partial charge in [0.2, 0.25) is 0 Å². The van der Waals surface area contributed by atoms with Gasteiger partial charge >= 0.3 is 5.97 Å². The summed E-state index contributed by atoms with van der Waals surface area (Å²) in [5.41, 5.74) is 0.394. The number of carbonyl (C=O) groups excluding carboxylic acids is 1. The molecule has 0 heterocycles. The summed E-state index contributed by atoms with van der Waals surface area (Å²) < 4.78 is 21.1. The van der Waals surface area contributed by atoms with Gasteiger partial charge in [-0.15, -0.1) is 0 Å². The van der Waals surface area contributed by atoms with Gasteiger partial charge in [0.15, 0.2) is 8.32 Å². The summed E-state index contributed by atoms with van der Waals surface area (Å²) in [5.74, 6) is -0.386. The second kappa shape index (κ2) is 10.1. The van der Waals surface area contributed by atoms with E-state index in [1.54, 1.807) is 6.92 Å². The average Bonchev–Trinajstić information content (AvgIpc) is 2.29. The summed E-state index contributed by atoms with van der Waals surface area (Å²) in [6.45, 7) is 14.3. The maximum atomic E-state index is 11.0. The molecule has 0 aromatic heterocycles. The predicted molar refractivity (Wildman–Crippen MR) is 76.7 cm³/mol. The first-order valence-corrected chi connectivity index (χ1v) is 9.86. The lowest BCUT2D eigenvalue weighted by atomic mass is 10.4. The molecular formula is C13H26O5Si. The van der Waals surface area contributed by atoms with Crippen LogP contribution in [0.2, 0.25) is 19.6 Å². The molecule has 0 saturated heterocycles. The Morgan fingerprint density at radius 3 is 1.89 bits per heavy atom. The molecule has 5 nitrogen and oxygen atoms in total. The highest BCUT2D eigenvalue weighted by molar-refractivity contribution is 6.69. The molecule has 0 atom stereocenters. The highest BCUT2D eigenvalue weighted by atomic mass is 28.4. The van der Waals surface area contributed by atoms with E-state index in [0.717, 1.165) is 0 Å². The van der Waals surface area contributed by atoms with Gasteiger partial charge in [-0.25, -0.2) is 4.79 Å². The molecular weight excluding hydrogens is 264 g/mol. The fourth-order valence-electron chi connectivity index (χ4n) is 1.05.